The van der Waals surface area contributed by atoms with E-state index in [-0.39, 0.29) is 23.5 Å². The first-order valence-electron chi connectivity index (χ1n) is 9.88. The van der Waals surface area contributed by atoms with Crippen molar-refractivity contribution in [2.24, 2.45) is 10.3 Å². The number of nitrogens with zero attached hydrogens (tertiary/aromatic N) is 4. The average molecular weight is 457 g/mol. The molecule has 0 radical (unpaired) electrons. The third kappa shape index (κ3) is 4.02. The molecule has 1 N–H and O–H groups in total. The van der Waals surface area contributed by atoms with Crippen molar-refractivity contribution in [3.63, 3.8) is 0 Å². The highest BCUT2D eigenvalue weighted by molar-refractivity contribution is 6.25. The Bertz CT molecular complexity index is 1190. The van der Waals surface area contributed by atoms with Gasteiger partial charge in [0.1, 0.15) is 6.54 Å². The standard InChI is InChI=1S/C21H17F2N5O5/c1-2-33-21(32)12-5-3-4-6-15(12)24-16(29)10-27-18-17(25-26-27)19(30)28(20(18)31)11-7-8-13(22)14(23)9-11/h3-9,17-18H,2,10H2,1H3,(H,24,29)/t17-,18-/m1/s1. The summed E-state index contributed by atoms with van der Waals surface area (Å²) >= 11 is 0. The highest BCUT2D eigenvalue weighted by Gasteiger charge is 2.55. The fourth-order valence-electron chi connectivity index (χ4n) is 3.55. The molecular weight excluding hydrogens is 440 g/mol. The SMILES string of the molecule is CCOC(=O)c1ccccc1NC(=O)CN1N=N[C@H]2C(=O)N(c3ccc(F)c(F)c3)C(=O)[C@@H]21. The van der Waals surface area contributed by atoms with Crippen molar-refractivity contribution in [1.29, 1.82) is 0 Å². The van der Waals surface area contributed by atoms with E-state index in [9.17, 15) is 28.0 Å². The first-order valence-corrected chi connectivity index (χ1v) is 9.88. The minimum absolute atomic E-state index is 0.144. The second-order valence-corrected chi connectivity index (χ2v) is 7.12. The van der Waals surface area contributed by atoms with E-state index in [1.165, 1.54) is 12.1 Å². The number of nitrogens with one attached hydrogen (secondary N) is 1. The molecule has 0 unspecified atom stereocenters. The molecule has 4 rings (SSSR count). The molecule has 170 valence electrons. The molecule has 0 spiro atoms. The molecule has 10 nitrogen and oxygen atoms in total. The summed E-state index contributed by atoms with van der Waals surface area (Å²) in [7, 11) is 0. The van der Waals surface area contributed by atoms with E-state index in [1.807, 2.05) is 0 Å². The molecular formula is C21H17F2N5O5. The number of para-hydroxylation sites is 1. The zero-order chi connectivity index (χ0) is 23.7. The van der Waals surface area contributed by atoms with Crippen LogP contribution in [0.2, 0.25) is 0 Å². The summed E-state index contributed by atoms with van der Waals surface area (Å²) in [5.74, 6) is -5.13. The van der Waals surface area contributed by atoms with Crippen molar-refractivity contribution in [2.45, 2.75) is 19.0 Å². The van der Waals surface area contributed by atoms with Gasteiger partial charge in [-0.05, 0) is 31.2 Å². The Kier molecular flexibility index (Phi) is 5.82. The Balaban J connectivity index is 1.49. The van der Waals surface area contributed by atoms with Gasteiger partial charge in [0.25, 0.3) is 11.8 Å². The number of anilines is 2. The lowest BCUT2D eigenvalue weighted by atomic mass is 10.1. The predicted octanol–water partition coefficient (Wildman–Crippen LogP) is 2.07. The highest BCUT2D eigenvalue weighted by atomic mass is 19.2. The molecule has 0 bridgehead atoms. The van der Waals surface area contributed by atoms with Crippen LogP contribution in [0.1, 0.15) is 17.3 Å². The summed E-state index contributed by atoms with van der Waals surface area (Å²) in [5, 5.41) is 11.1. The van der Waals surface area contributed by atoms with Gasteiger partial charge < -0.3 is 10.1 Å². The van der Waals surface area contributed by atoms with Crippen LogP contribution in [0.25, 0.3) is 0 Å². The van der Waals surface area contributed by atoms with Gasteiger partial charge in [0.2, 0.25) is 5.91 Å². The number of carbonyl (C=O) groups is 4. The minimum atomic E-state index is -1.22. The fraction of sp³-hybridized carbons (Fsp3) is 0.238. The summed E-state index contributed by atoms with van der Waals surface area (Å²) < 4.78 is 31.8. The first kappa shape index (κ1) is 22.0. The van der Waals surface area contributed by atoms with Crippen LogP contribution in [-0.4, -0.2) is 53.9 Å². The lowest BCUT2D eigenvalue weighted by Crippen LogP contribution is -2.43. The molecule has 2 aliphatic rings. The Morgan fingerprint density at radius 3 is 2.58 bits per heavy atom. The molecule has 12 heteroatoms. The third-order valence-corrected chi connectivity index (χ3v) is 5.02. The lowest BCUT2D eigenvalue weighted by Gasteiger charge is -2.20. The van der Waals surface area contributed by atoms with Gasteiger partial charge in [-0.1, -0.05) is 17.4 Å². The molecule has 2 aliphatic heterocycles. The molecule has 33 heavy (non-hydrogen) atoms. The van der Waals surface area contributed by atoms with Crippen molar-refractivity contribution >= 4 is 35.1 Å². The number of carbonyl (C=O) groups excluding carboxylic acids is 4. The topological polar surface area (TPSA) is 121 Å². The van der Waals surface area contributed by atoms with E-state index in [1.54, 1.807) is 19.1 Å². The van der Waals surface area contributed by atoms with Crippen molar-refractivity contribution in [1.82, 2.24) is 5.01 Å². The first-order chi connectivity index (χ1) is 15.8. The van der Waals surface area contributed by atoms with Crippen LogP contribution in [0, 0.1) is 11.6 Å². The Morgan fingerprint density at radius 1 is 1.09 bits per heavy atom. The zero-order valence-corrected chi connectivity index (χ0v) is 17.2. The Morgan fingerprint density at radius 2 is 1.85 bits per heavy atom. The Hall–Kier alpha value is -4.22. The molecule has 2 aromatic carbocycles. The normalized spacial score (nSPS) is 19.1. The second-order valence-electron chi connectivity index (χ2n) is 7.12. The largest absolute Gasteiger partial charge is 0.462 e. The molecule has 2 aromatic rings. The maximum atomic E-state index is 13.6. The van der Waals surface area contributed by atoms with Crippen LogP contribution in [0.5, 0.6) is 0 Å². The summed E-state index contributed by atoms with van der Waals surface area (Å²) in [6.07, 6.45) is 0. The third-order valence-electron chi connectivity index (χ3n) is 5.02. The van der Waals surface area contributed by atoms with Crippen molar-refractivity contribution in [3.8, 4) is 0 Å². The highest BCUT2D eigenvalue weighted by Crippen LogP contribution is 2.32. The number of hydrogen-bond donors (Lipinski definition) is 1. The van der Waals surface area contributed by atoms with Crippen LogP contribution in [0.4, 0.5) is 20.2 Å². The Labute approximate surface area is 185 Å². The molecule has 2 atom stereocenters. The van der Waals surface area contributed by atoms with Gasteiger partial charge in [-0.3, -0.25) is 19.4 Å². The van der Waals surface area contributed by atoms with E-state index in [4.69, 9.17) is 4.74 Å². The molecule has 0 saturated carbocycles. The number of hydrogen-bond acceptors (Lipinski definition) is 8. The van der Waals surface area contributed by atoms with Crippen LogP contribution in [-0.2, 0) is 19.1 Å². The van der Waals surface area contributed by atoms with Crippen LogP contribution in [0.3, 0.4) is 0 Å². The molecule has 1 saturated heterocycles. The molecule has 0 aromatic heterocycles. The number of amides is 3. The van der Waals surface area contributed by atoms with E-state index >= 15 is 0 Å². The van der Waals surface area contributed by atoms with E-state index in [0.29, 0.717) is 4.90 Å². The van der Waals surface area contributed by atoms with Crippen LogP contribution in [0.15, 0.2) is 52.8 Å². The minimum Gasteiger partial charge on any atom is -0.462 e. The summed E-state index contributed by atoms with van der Waals surface area (Å²) in [6, 6.07) is 6.41. The van der Waals surface area contributed by atoms with Gasteiger partial charge in [-0.25, -0.2) is 18.5 Å². The predicted molar refractivity (Wildman–Crippen MR) is 109 cm³/mol. The maximum Gasteiger partial charge on any atom is 0.340 e. The quantitative estimate of drug-likeness (QED) is 0.524. The van der Waals surface area contributed by atoms with Gasteiger partial charge >= 0.3 is 5.97 Å². The number of benzene rings is 2. The van der Waals surface area contributed by atoms with Crippen molar-refractivity contribution < 1.29 is 32.7 Å². The summed E-state index contributed by atoms with van der Waals surface area (Å²) in [4.78, 5) is 50.9. The van der Waals surface area contributed by atoms with E-state index in [2.05, 4.69) is 15.7 Å². The van der Waals surface area contributed by atoms with Crippen molar-refractivity contribution in [3.05, 3.63) is 59.7 Å². The fourth-order valence-corrected chi connectivity index (χ4v) is 3.55. The number of ether oxygens (including phenoxy) is 1. The lowest BCUT2D eigenvalue weighted by molar-refractivity contribution is -0.123. The van der Waals surface area contributed by atoms with Gasteiger partial charge in [0.05, 0.1) is 23.5 Å². The monoisotopic (exact) mass is 457 g/mol. The maximum absolute atomic E-state index is 13.6. The number of halogens is 2. The number of esters is 1. The van der Waals surface area contributed by atoms with Gasteiger partial charge in [0, 0.05) is 6.07 Å². The van der Waals surface area contributed by atoms with E-state index in [0.717, 1.165) is 23.2 Å². The molecule has 0 aliphatic carbocycles. The summed E-state index contributed by atoms with van der Waals surface area (Å²) in [5.41, 5.74) is 0.192. The number of imide groups is 1. The molecule has 2 heterocycles. The van der Waals surface area contributed by atoms with Crippen LogP contribution >= 0.6 is 0 Å². The smallest absolute Gasteiger partial charge is 0.340 e. The molecule has 1 fully saturated rings. The summed E-state index contributed by atoms with van der Waals surface area (Å²) in [6.45, 7) is 1.35. The van der Waals surface area contributed by atoms with Gasteiger partial charge in [-0.2, -0.15) is 5.11 Å². The zero-order valence-electron chi connectivity index (χ0n) is 17.2. The van der Waals surface area contributed by atoms with Gasteiger partial charge in [0.15, 0.2) is 23.7 Å². The number of rotatable bonds is 6. The number of fused-ring (bicyclic) bond motifs is 1. The molecule has 3 amide bonds. The average Bonchev–Trinajstić information content (AvgIpc) is 3.30. The van der Waals surface area contributed by atoms with Crippen molar-refractivity contribution in [2.75, 3.05) is 23.4 Å². The van der Waals surface area contributed by atoms with Crippen LogP contribution < -0.4 is 10.2 Å². The van der Waals surface area contributed by atoms with E-state index < -0.39 is 54.0 Å². The van der Waals surface area contributed by atoms with Gasteiger partial charge in [-0.15, -0.1) is 0 Å². The second kappa shape index (κ2) is 8.73.